The van der Waals surface area contributed by atoms with E-state index in [0.717, 1.165) is 31.5 Å². The molecule has 0 aromatic carbocycles. The Morgan fingerprint density at radius 2 is 1.81 bits per heavy atom. The summed E-state index contributed by atoms with van der Waals surface area (Å²) in [4.78, 5) is 28.1. The van der Waals surface area contributed by atoms with E-state index in [-0.39, 0.29) is 28.3 Å². The molecule has 4 heterocycles. The second kappa shape index (κ2) is 9.68. The molecule has 10 heteroatoms. The van der Waals surface area contributed by atoms with Gasteiger partial charge in [0.15, 0.2) is 0 Å². The van der Waals surface area contributed by atoms with Crippen LogP contribution in [-0.2, 0) is 11.8 Å². The van der Waals surface area contributed by atoms with Gasteiger partial charge in [0, 0.05) is 31.9 Å². The first kappa shape index (κ1) is 23.1. The molecule has 0 bridgehead atoms. The molecule has 1 fully saturated rings. The number of rotatable bonds is 1. The fraction of sp³-hybridized carbons (Fsp3) is 0.500. The summed E-state index contributed by atoms with van der Waals surface area (Å²) < 4.78 is 8.36. The summed E-state index contributed by atoms with van der Waals surface area (Å²) in [5.74, 6) is 0. The molecule has 0 radical (unpaired) electrons. The highest BCUT2D eigenvalue weighted by Gasteiger charge is 2.22. The van der Waals surface area contributed by atoms with Crippen LogP contribution in [0.15, 0.2) is 29.6 Å². The van der Waals surface area contributed by atoms with E-state index in [4.69, 9.17) is 10.00 Å². The Morgan fingerprint density at radius 3 is 2.38 bits per heavy atom. The number of carbonyl (C=O) groups excluding carboxylic acids is 1. The van der Waals surface area contributed by atoms with Crippen molar-refractivity contribution in [2.45, 2.75) is 52.1 Å². The molecular formula is C22H29N7O3. The minimum absolute atomic E-state index is 0.153. The van der Waals surface area contributed by atoms with Crippen molar-refractivity contribution in [3.05, 3.63) is 40.7 Å². The average molecular weight is 440 g/mol. The van der Waals surface area contributed by atoms with Gasteiger partial charge in [-0.1, -0.05) is 12.8 Å². The van der Waals surface area contributed by atoms with Crippen LogP contribution in [-0.4, -0.2) is 54.1 Å². The molecule has 32 heavy (non-hydrogen) atoms. The molecule has 1 saturated heterocycles. The lowest BCUT2D eigenvalue weighted by Crippen LogP contribution is -2.37. The predicted molar refractivity (Wildman–Crippen MR) is 119 cm³/mol. The minimum Gasteiger partial charge on any atom is -0.444 e. The van der Waals surface area contributed by atoms with Crippen LogP contribution in [0.3, 0.4) is 0 Å². The minimum atomic E-state index is -0.372. The maximum atomic E-state index is 11.9. The van der Waals surface area contributed by atoms with E-state index in [0.29, 0.717) is 5.69 Å². The average Bonchev–Trinajstić information content (AvgIpc) is 3.24. The van der Waals surface area contributed by atoms with Gasteiger partial charge in [0.2, 0.25) is 0 Å². The number of ether oxygens (including phenoxy) is 1. The van der Waals surface area contributed by atoms with Crippen molar-refractivity contribution in [2.24, 2.45) is 7.05 Å². The number of carbonyl (C=O) groups is 1. The van der Waals surface area contributed by atoms with Gasteiger partial charge in [-0.2, -0.15) is 15.5 Å². The van der Waals surface area contributed by atoms with Gasteiger partial charge in [0.1, 0.15) is 22.8 Å². The Labute approximate surface area is 186 Å². The monoisotopic (exact) mass is 439 g/mol. The number of hydrogen-bond donors (Lipinski definition) is 1. The molecule has 4 rings (SSSR count). The zero-order valence-corrected chi connectivity index (χ0v) is 19.0. The molecule has 0 atom stereocenters. The number of nitrogens with zero attached hydrogens (tertiary/aromatic N) is 6. The van der Waals surface area contributed by atoms with Gasteiger partial charge in [-0.3, -0.25) is 9.48 Å². The van der Waals surface area contributed by atoms with Gasteiger partial charge in [0.05, 0.1) is 24.3 Å². The molecular weight excluding hydrogens is 410 g/mol. The Kier molecular flexibility index (Phi) is 6.98. The molecule has 1 amide bonds. The Bertz CT molecular complexity index is 1170. The largest absolute Gasteiger partial charge is 0.444 e. The van der Waals surface area contributed by atoms with Crippen molar-refractivity contribution in [1.82, 2.24) is 29.3 Å². The van der Waals surface area contributed by atoms with Crippen LogP contribution in [0.2, 0.25) is 0 Å². The smallest absolute Gasteiger partial charge is 0.410 e. The Hall–Kier alpha value is -3.61. The fourth-order valence-corrected chi connectivity index (χ4v) is 3.39. The first-order valence-corrected chi connectivity index (χ1v) is 10.7. The number of hydrogen-bond acceptors (Lipinski definition) is 6. The summed E-state index contributed by atoms with van der Waals surface area (Å²) in [5.41, 5.74) is 1.19. The standard InChI is InChI=1S/C11H8N6O.C11H21NO2/c1-16-5-8(4-13-16)9-6-17-10(11(18)15-9)7(2-12)3-14-17;1-11(2,3)14-10(13)12-8-6-4-5-7-9-12/h3-6H,1H3,(H,15,18);4-9H2,1-3H3. The number of likely N-dealkylation sites (tertiary alicyclic amines) is 1. The van der Waals surface area contributed by atoms with Crippen LogP contribution < -0.4 is 5.56 Å². The van der Waals surface area contributed by atoms with Crippen LogP contribution in [0, 0.1) is 11.3 Å². The van der Waals surface area contributed by atoms with Crippen LogP contribution in [0.5, 0.6) is 0 Å². The first-order chi connectivity index (χ1) is 15.2. The molecule has 0 unspecified atom stereocenters. The molecule has 3 aromatic heterocycles. The summed E-state index contributed by atoms with van der Waals surface area (Å²) in [5, 5.41) is 16.9. The van der Waals surface area contributed by atoms with E-state index in [1.807, 2.05) is 31.7 Å². The van der Waals surface area contributed by atoms with Gasteiger partial charge in [-0.25, -0.2) is 9.31 Å². The van der Waals surface area contributed by atoms with E-state index < -0.39 is 0 Å². The van der Waals surface area contributed by atoms with Crippen molar-refractivity contribution in [1.29, 1.82) is 5.26 Å². The summed E-state index contributed by atoms with van der Waals surface area (Å²) in [6.07, 6.45) is 11.0. The maximum absolute atomic E-state index is 11.9. The van der Waals surface area contributed by atoms with Crippen molar-refractivity contribution in [3.8, 4) is 17.3 Å². The summed E-state index contributed by atoms with van der Waals surface area (Å²) >= 11 is 0. The summed E-state index contributed by atoms with van der Waals surface area (Å²) in [6, 6.07) is 1.93. The Morgan fingerprint density at radius 1 is 1.12 bits per heavy atom. The van der Waals surface area contributed by atoms with Crippen LogP contribution in [0.25, 0.3) is 16.8 Å². The molecule has 1 aliphatic rings. The van der Waals surface area contributed by atoms with Crippen molar-refractivity contribution in [2.75, 3.05) is 13.1 Å². The van der Waals surface area contributed by atoms with Crippen LogP contribution in [0.4, 0.5) is 4.79 Å². The lowest BCUT2D eigenvalue weighted by atomic mass is 10.2. The fourth-order valence-electron chi connectivity index (χ4n) is 3.39. The number of nitriles is 1. The zero-order chi connectivity index (χ0) is 23.3. The molecule has 1 aliphatic heterocycles. The SMILES string of the molecule is CC(C)(C)OC(=O)N1CCCCCC1.Cn1cc(-c2cn3ncc(C#N)c3c(=O)[nH]2)cn1. The van der Waals surface area contributed by atoms with Gasteiger partial charge >= 0.3 is 6.09 Å². The third kappa shape index (κ3) is 5.75. The van der Waals surface area contributed by atoms with Gasteiger partial charge in [-0.05, 0) is 33.6 Å². The molecule has 170 valence electrons. The number of aryl methyl sites for hydroxylation is 1. The molecule has 1 N–H and O–H groups in total. The van der Waals surface area contributed by atoms with E-state index in [1.165, 1.54) is 23.6 Å². The third-order valence-corrected chi connectivity index (χ3v) is 4.90. The number of nitrogens with one attached hydrogen (secondary N) is 1. The predicted octanol–water partition coefficient (Wildman–Crippen LogP) is 3.09. The molecule has 0 aliphatic carbocycles. The lowest BCUT2D eigenvalue weighted by molar-refractivity contribution is 0.0257. The highest BCUT2D eigenvalue weighted by Crippen LogP contribution is 2.16. The highest BCUT2D eigenvalue weighted by atomic mass is 16.6. The summed E-state index contributed by atoms with van der Waals surface area (Å²) in [7, 11) is 1.79. The van der Waals surface area contributed by atoms with E-state index in [2.05, 4.69) is 15.2 Å². The molecule has 0 spiro atoms. The van der Waals surface area contributed by atoms with Crippen molar-refractivity contribution >= 4 is 11.6 Å². The molecule has 10 nitrogen and oxygen atoms in total. The first-order valence-electron chi connectivity index (χ1n) is 10.7. The van der Waals surface area contributed by atoms with E-state index in [9.17, 15) is 9.59 Å². The van der Waals surface area contributed by atoms with Crippen LogP contribution in [0.1, 0.15) is 52.0 Å². The number of aromatic amines is 1. The third-order valence-electron chi connectivity index (χ3n) is 4.90. The van der Waals surface area contributed by atoms with Crippen molar-refractivity contribution < 1.29 is 9.53 Å². The Balaban J connectivity index is 0.000000188. The van der Waals surface area contributed by atoms with Gasteiger partial charge in [-0.15, -0.1) is 0 Å². The van der Waals surface area contributed by atoms with Gasteiger partial charge < -0.3 is 14.6 Å². The number of fused-ring (bicyclic) bond motifs is 1. The normalized spacial score (nSPS) is 14.3. The van der Waals surface area contributed by atoms with Crippen molar-refractivity contribution in [3.63, 3.8) is 0 Å². The second-order valence-corrected chi connectivity index (χ2v) is 8.74. The lowest BCUT2D eigenvalue weighted by Gasteiger charge is -2.26. The number of aromatic nitrogens is 5. The topological polar surface area (TPSA) is 121 Å². The molecule has 3 aromatic rings. The number of H-pyrrole nitrogens is 1. The quantitative estimate of drug-likeness (QED) is 0.622. The summed E-state index contributed by atoms with van der Waals surface area (Å²) in [6.45, 7) is 7.43. The van der Waals surface area contributed by atoms with E-state index >= 15 is 0 Å². The zero-order valence-electron chi connectivity index (χ0n) is 19.0. The van der Waals surface area contributed by atoms with E-state index in [1.54, 1.807) is 30.3 Å². The highest BCUT2D eigenvalue weighted by molar-refractivity contribution is 5.68. The van der Waals surface area contributed by atoms with Crippen LogP contribution >= 0.6 is 0 Å². The second-order valence-electron chi connectivity index (χ2n) is 8.74. The number of amides is 1. The molecule has 0 saturated carbocycles. The maximum Gasteiger partial charge on any atom is 0.410 e. The van der Waals surface area contributed by atoms with Gasteiger partial charge in [0.25, 0.3) is 5.56 Å².